The van der Waals surface area contributed by atoms with E-state index in [0.29, 0.717) is 18.1 Å². The summed E-state index contributed by atoms with van der Waals surface area (Å²) in [5, 5.41) is -0.887. The molecule has 118 valence electrons. The number of hydrogen-bond donors (Lipinski definition) is 1. The van der Waals surface area contributed by atoms with Gasteiger partial charge in [-0.3, -0.25) is 0 Å². The van der Waals surface area contributed by atoms with Crippen LogP contribution in [0.15, 0.2) is 12.3 Å². The molecule has 1 aromatic rings. The number of anilines is 2. The highest BCUT2D eigenvalue weighted by molar-refractivity contribution is 8.01. The minimum Gasteiger partial charge on any atom is -0.396 e. The van der Waals surface area contributed by atoms with Crippen LogP contribution in [0.5, 0.6) is 0 Å². The molecule has 0 aromatic carbocycles. The van der Waals surface area contributed by atoms with E-state index in [1.807, 2.05) is 0 Å². The minimum atomic E-state index is -4.60. The van der Waals surface area contributed by atoms with E-state index in [1.165, 1.54) is 16.7 Å². The van der Waals surface area contributed by atoms with Crippen LogP contribution >= 0.6 is 11.8 Å². The molecule has 1 fully saturated rings. The largest absolute Gasteiger partial charge is 0.433 e. The van der Waals surface area contributed by atoms with E-state index in [2.05, 4.69) is 4.98 Å². The fourth-order valence-electron chi connectivity index (χ4n) is 2.07. The maximum atomic E-state index is 12.8. The average molecular weight is 341 g/mol. The Morgan fingerprint density at radius 1 is 1.48 bits per heavy atom. The lowest BCUT2D eigenvalue weighted by Crippen LogP contribution is -2.47. The lowest BCUT2D eigenvalue weighted by atomic mass is 10.2. The zero-order chi connectivity index (χ0) is 15.8. The van der Waals surface area contributed by atoms with Gasteiger partial charge in [-0.25, -0.2) is 13.4 Å². The average Bonchev–Trinajstić information content (AvgIpc) is 2.37. The van der Waals surface area contributed by atoms with Crippen LogP contribution < -0.4 is 10.6 Å². The Labute approximate surface area is 124 Å². The summed E-state index contributed by atoms with van der Waals surface area (Å²) in [5.74, 6) is 0.914. The van der Waals surface area contributed by atoms with E-state index in [1.54, 1.807) is 0 Å². The summed E-state index contributed by atoms with van der Waals surface area (Å²) in [4.78, 5) is 4.68. The summed E-state index contributed by atoms with van der Waals surface area (Å²) in [6.07, 6.45) is -2.62. The van der Waals surface area contributed by atoms with Crippen molar-refractivity contribution in [2.75, 3.05) is 34.9 Å². The van der Waals surface area contributed by atoms with E-state index < -0.39 is 27.1 Å². The topological polar surface area (TPSA) is 76.3 Å². The van der Waals surface area contributed by atoms with Crippen LogP contribution in [0, 0.1) is 0 Å². The van der Waals surface area contributed by atoms with Crippen LogP contribution in [0.2, 0.25) is 0 Å². The second-order valence-electron chi connectivity index (χ2n) is 4.68. The van der Waals surface area contributed by atoms with Gasteiger partial charge in [0, 0.05) is 24.3 Å². The first-order chi connectivity index (χ1) is 9.60. The van der Waals surface area contributed by atoms with E-state index in [-0.39, 0.29) is 11.4 Å². The van der Waals surface area contributed by atoms with Crippen molar-refractivity contribution in [3.05, 3.63) is 18.0 Å². The number of nitrogens with two attached hydrogens (primary N) is 1. The predicted molar refractivity (Wildman–Crippen MR) is 77.0 cm³/mol. The number of sulfone groups is 1. The molecular weight excluding hydrogens is 327 g/mol. The van der Waals surface area contributed by atoms with Gasteiger partial charge in [0.25, 0.3) is 0 Å². The third-order valence-electron chi connectivity index (χ3n) is 3.09. The second kappa shape index (κ2) is 5.56. The highest BCUT2D eigenvalue weighted by Gasteiger charge is 2.36. The van der Waals surface area contributed by atoms with Gasteiger partial charge in [0.05, 0.1) is 17.6 Å². The molecule has 5 nitrogen and oxygen atoms in total. The summed E-state index contributed by atoms with van der Waals surface area (Å²) in [6, 6.07) is 0.809. The molecule has 0 saturated carbocycles. The molecule has 1 aliphatic heterocycles. The normalized spacial score (nSPS) is 20.6. The van der Waals surface area contributed by atoms with Crippen LogP contribution in [-0.2, 0) is 16.0 Å². The van der Waals surface area contributed by atoms with Crippen molar-refractivity contribution >= 4 is 33.0 Å². The summed E-state index contributed by atoms with van der Waals surface area (Å²) in [6.45, 7) is 0.313. The monoisotopic (exact) mass is 341 g/mol. The van der Waals surface area contributed by atoms with Crippen LogP contribution in [0.1, 0.15) is 5.69 Å². The van der Waals surface area contributed by atoms with Crippen molar-refractivity contribution < 1.29 is 21.6 Å². The molecule has 1 aliphatic rings. The van der Waals surface area contributed by atoms with Gasteiger partial charge < -0.3 is 10.6 Å². The van der Waals surface area contributed by atoms with Gasteiger partial charge in [0.2, 0.25) is 0 Å². The summed E-state index contributed by atoms with van der Waals surface area (Å²) in [7, 11) is -3.44. The van der Waals surface area contributed by atoms with Crippen molar-refractivity contribution in [2.45, 2.75) is 11.6 Å². The van der Waals surface area contributed by atoms with E-state index in [0.717, 1.165) is 18.5 Å². The lowest BCUT2D eigenvalue weighted by Gasteiger charge is -2.36. The first kappa shape index (κ1) is 16.2. The number of thioether (sulfide) groups is 1. The predicted octanol–water partition coefficient (Wildman–Crippen LogP) is 1.61. The van der Waals surface area contributed by atoms with Crippen molar-refractivity contribution in [3.8, 4) is 0 Å². The number of alkyl halides is 3. The Balaban J connectivity index is 2.48. The van der Waals surface area contributed by atoms with Crippen LogP contribution in [-0.4, -0.2) is 43.1 Å². The molecule has 1 saturated heterocycles. The van der Waals surface area contributed by atoms with Gasteiger partial charge >= 0.3 is 6.18 Å². The van der Waals surface area contributed by atoms with Crippen LogP contribution in [0.25, 0.3) is 0 Å². The number of nitrogen functional groups attached to an aromatic ring is 1. The zero-order valence-electron chi connectivity index (χ0n) is 11.1. The highest BCUT2D eigenvalue weighted by Crippen LogP contribution is 2.35. The summed E-state index contributed by atoms with van der Waals surface area (Å²) in [5.41, 5.74) is 4.70. The Bertz CT molecular complexity index is 634. The molecule has 0 radical (unpaired) electrons. The molecule has 1 atom stereocenters. The summed E-state index contributed by atoms with van der Waals surface area (Å²) < 4.78 is 61.9. The highest BCUT2D eigenvalue weighted by atomic mass is 32.2. The first-order valence-electron chi connectivity index (χ1n) is 5.96. The molecule has 0 aliphatic carbocycles. The third kappa shape index (κ3) is 3.54. The fraction of sp³-hybridized carbons (Fsp3) is 0.545. The van der Waals surface area contributed by atoms with Gasteiger partial charge in [-0.05, 0) is 6.07 Å². The fourth-order valence-corrected chi connectivity index (χ4v) is 4.90. The lowest BCUT2D eigenvalue weighted by molar-refractivity contribution is -0.141. The molecule has 10 heteroatoms. The zero-order valence-corrected chi connectivity index (χ0v) is 12.7. The Hall–Kier alpha value is -1.16. The molecule has 2 rings (SSSR count). The van der Waals surface area contributed by atoms with Gasteiger partial charge in [-0.2, -0.15) is 24.9 Å². The van der Waals surface area contributed by atoms with Crippen molar-refractivity contribution in [1.82, 2.24) is 4.98 Å². The smallest absolute Gasteiger partial charge is 0.396 e. The Morgan fingerprint density at radius 2 is 2.14 bits per heavy atom. The number of pyridine rings is 1. The van der Waals surface area contributed by atoms with E-state index in [9.17, 15) is 21.6 Å². The Morgan fingerprint density at radius 3 is 2.71 bits per heavy atom. The number of nitrogens with zero attached hydrogens (tertiary/aromatic N) is 2. The Kier molecular flexibility index (Phi) is 4.29. The second-order valence-corrected chi connectivity index (χ2v) is 8.03. The summed E-state index contributed by atoms with van der Waals surface area (Å²) >= 11 is 1.44. The number of rotatable bonds is 2. The number of aromatic nitrogens is 1. The standard InChI is InChI=1S/C11H14F3N3O2S2/c1-21(18,19)10-6-20-3-2-17(10)8-4-9(11(12,13)14)16-5-7(8)15/h4-5,10H,2-3,6,15H2,1H3. The van der Waals surface area contributed by atoms with Crippen molar-refractivity contribution in [1.29, 1.82) is 0 Å². The molecule has 1 aromatic heterocycles. The van der Waals surface area contributed by atoms with E-state index in [4.69, 9.17) is 5.73 Å². The maximum Gasteiger partial charge on any atom is 0.433 e. The van der Waals surface area contributed by atoms with Gasteiger partial charge in [-0.1, -0.05) is 0 Å². The maximum absolute atomic E-state index is 12.8. The molecule has 0 amide bonds. The third-order valence-corrected chi connectivity index (χ3v) is 5.73. The molecule has 2 heterocycles. The quantitative estimate of drug-likeness (QED) is 0.881. The minimum absolute atomic E-state index is 0.0311. The van der Waals surface area contributed by atoms with E-state index >= 15 is 0 Å². The molecule has 1 unspecified atom stereocenters. The number of hydrogen-bond acceptors (Lipinski definition) is 6. The van der Waals surface area contributed by atoms with Gasteiger partial charge in [0.1, 0.15) is 11.1 Å². The van der Waals surface area contributed by atoms with Crippen LogP contribution in [0.4, 0.5) is 24.5 Å². The molecular formula is C11H14F3N3O2S2. The molecule has 0 bridgehead atoms. The first-order valence-corrected chi connectivity index (χ1v) is 9.07. The van der Waals surface area contributed by atoms with Crippen molar-refractivity contribution in [2.24, 2.45) is 0 Å². The van der Waals surface area contributed by atoms with Crippen LogP contribution in [0.3, 0.4) is 0 Å². The SMILES string of the molecule is CS(=O)(=O)C1CSCCN1c1cc(C(F)(F)F)ncc1N. The molecule has 0 spiro atoms. The number of halogens is 3. The van der Waals surface area contributed by atoms with Crippen molar-refractivity contribution in [3.63, 3.8) is 0 Å². The van der Waals surface area contributed by atoms with Gasteiger partial charge in [-0.15, -0.1) is 0 Å². The molecule has 21 heavy (non-hydrogen) atoms. The molecule has 2 N–H and O–H groups in total. The van der Waals surface area contributed by atoms with Gasteiger partial charge in [0.15, 0.2) is 9.84 Å².